The van der Waals surface area contributed by atoms with E-state index in [0.717, 1.165) is 29.9 Å². The van der Waals surface area contributed by atoms with Gasteiger partial charge >= 0.3 is 11.9 Å². The van der Waals surface area contributed by atoms with Crippen molar-refractivity contribution in [3.8, 4) is 0 Å². The van der Waals surface area contributed by atoms with Crippen LogP contribution in [0.3, 0.4) is 0 Å². The van der Waals surface area contributed by atoms with E-state index in [1.807, 2.05) is 12.1 Å². The molecule has 0 amide bonds. The molecule has 3 aromatic rings. The fourth-order valence-corrected chi connectivity index (χ4v) is 5.09. The van der Waals surface area contributed by atoms with E-state index in [-0.39, 0.29) is 16.4 Å². The van der Waals surface area contributed by atoms with Crippen LogP contribution in [0, 0.1) is 0 Å². The number of carbonyl (C=O) groups is 2. The van der Waals surface area contributed by atoms with Gasteiger partial charge in [0.05, 0.1) is 5.56 Å². The van der Waals surface area contributed by atoms with Gasteiger partial charge in [0.25, 0.3) is 0 Å². The van der Waals surface area contributed by atoms with Gasteiger partial charge in [-0.2, -0.15) is 0 Å². The van der Waals surface area contributed by atoms with Crippen LogP contribution < -0.4 is 0 Å². The Hall–Kier alpha value is -3.66. The molecule has 0 unspecified atom stereocenters. The fraction of sp³-hybridized carbons (Fsp3) is 0.290. The minimum absolute atomic E-state index is 0.105. The Labute approximate surface area is 206 Å². The topological polar surface area (TPSA) is 74.6 Å². The van der Waals surface area contributed by atoms with Crippen LogP contribution >= 0.6 is 0 Å². The average Bonchev–Trinajstić information content (AvgIpc) is 2.79. The van der Waals surface area contributed by atoms with Gasteiger partial charge in [-0.05, 0) is 99.0 Å². The van der Waals surface area contributed by atoms with Crippen molar-refractivity contribution < 1.29 is 19.8 Å². The molecule has 3 aromatic carbocycles. The first kappa shape index (κ1) is 24.5. The van der Waals surface area contributed by atoms with Gasteiger partial charge in [0.2, 0.25) is 0 Å². The number of aliphatic carboxylic acids is 1. The Bertz CT molecular complexity index is 1400. The highest BCUT2D eigenvalue weighted by Gasteiger charge is 2.37. The van der Waals surface area contributed by atoms with E-state index in [1.165, 1.54) is 22.6 Å². The molecule has 0 aliphatic heterocycles. The molecule has 4 heteroatoms. The summed E-state index contributed by atoms with van der Waals surface area (Å²) < 4.78 is 0. The zero-order valence-electron chi connectivity index (χ0n) is 21.0. The van der Waals surface area contributed by atoms with Gasteiger partial charge in [0.15, 0.2) is 0 Å². The summed E-state index contributed by atoms with van der Waals surface area (Å²) in [6.07, 6.45) is 5.39. The highest BCUT2D eigenvalue weighted by Crippen LogP contribution is 2.47. The molecule has 0 saturated carbocycles. The summed E-state index contributed by atoms with van der Waals surface area (Å²) in [7, 11) is 0. The molecule has 0 atom stereocenters. The lowest BCUT2D eigenvalue weighted by atomic mass is 9.63. The summed E-state index contributed by atoms with van der Waals surface area (Å²) in [6.45, 7) is 11.0. The first-order valence-corrected chi connectivity index (χ1v) is 11.9. The van der Waals surface area contributed by atoms with E-state index in [9.17, 15) is 19.8 Å². The number of carboxylic acids is 2. The molecule has 4 nitrogen and oxygen atoms in total. The van der Waals surface area contributed by atoms with Crippen LogP contribution in [0.15, 0.2) is 66.2 Å². The first-order valence-electron chi connectivity index (χ1n) is 11.9. The lowest BCUT2D eigenvalue weighted by Crippen LogP contribution is -2.33. The number of aromatic carboxylic acids is 1. The highest BCUT2D eigenvalue weighted by atomic mass is 16.4. The molecule has 0 bridgehead atoms. The third-order valence-corrected chi connectivity index (χ3v) is 7.33. The molecule has 4 rings (SSSR count). The van der Waals surface area contributed by atoms with E-state index in [4.69, 9.17) is 0 Å². The summed E-state index contributed by atoms with van der Waals surface area (Å²) in [4.78, 5) is 22.9. The van der Waals surface area contributed by atoms with Crippen LogP contribution in [0.5, 0.6) is 0 Å². The lowest BCUT2D eigenvalue weighted by Gasteiger charge is -2.42. The molecule has 35 heavy (non-hydrogen) atoms. The van der Waals surface area contributed by atoms with Gasteiger partial charge in [0.1, 0.15) is 0 Å². The molecular formula is C31H32O4. The van der Waals surface area contributed by atoms with Crippen molar-refractivity contribution in [3.63, 3.8) is 0 Å². The molecule has 1 aliphatic carbocycles. The Kier molecular flexibility index (Phi) is 6.18. The third kappa shape index (κ3) is 4.93. The van der Waals surface area contributed by atoms with Gasteiger partial charge < -0.3 is 10.2 Å². The van der Waals surface area contributed by atoms with E-state index in [1.54, 1.807) is 25.1 Å². The molecule has 2 N–H and O–H groups in total. The molecule has 0 aromatic heterocycles. The van der Waals surface area contributed by atoms with E-state index >= 15 is 0 Å². The number of benzene rings is 3. The normalized spacial score (nSPS) is 17.2. The van der Waals surface area contributed by atoms with Crippen LogP contribution in [0.2, 0.25) is 0 Å². The number of hydrogen-bond acceptors (Lipinski definition) is 2. The average molecular weight is 469 g/mol. The number of allylic oxidation sites excluding steroid dienone is 2. The molecule has 0 spiro atoms. The number of fused-ring (bicyclic) bond motifs is 2. The Morgan fingerprint density at radius 3 is 2.00 bits per heavy atom. The minimum atomic E-state index is -1.04. The second-order valence-electron chi connectivity index (χ2n) is 10.9. The quantitative estimate of drug-likeness (QED) is 0.231. The molecule has 0 saturated heterocycles. The van der Waals surface area contributed by atoms with E-state index < -0.39 is 11.9 Å². The Morgan fingerprint density at radius 2 is 1.40 bits per heavy atom. The summed E-state index contributed by atoms with van der Waals surface area (Å²) in [5, 5.41) is 21.1. The standard InChI is InChI=1S/C31H32O4/c1-19(13-28(32)33)25(22-7-6-8-23(16-22)29(34)35)15-20-9-10-21-17-26-27(18-24(21)14-20)31(4,5)12-11-30(26,2)3/h6-10,13-18H,11-12H2,1-5H3,(H,32,33)(H,34,35)/b19-13?,25-15+. The molecule has 180 valence electrons. The maximum Gasteiger partial charge on any atom is 0.335 e. The molecule has 0 heterocycles. The van der Waals surface area contributed by atoms with Gasteiger partial charge in [-0.1, -0.05) is 64.1 Å². The van der Waals surface area contributed by atoms with Gasteiger partial charge in [-0.3, -0.25) is 0 Å². The third-order valence-electron chi connectivity index (χ3n) is 7.33. The Balaban J connectivity index is 1.89. The van der Waals surface area contributed by atoms with Gasteiger partial charge in [-0.15, -0.1) is 0 Å². The van der Waals surface area contributed by atoms with Crippen LogP contribution in [-0.2, 0) is 15.6 Å². The molecule has 0 radical (unpaired) electrons. The molecule has 1 aliphatic rings. The zero-order chi connectivity index (χ0) is 25.5. The predicted molar refractivity (Wildman–Crippen MR) is 142 cm³/mol. The monoisotopic (exact) mass is 468 g/mol. The number of rotatable bonds is 5. The smallest absolute Gasteiger partial charge is 0.335 e. The van der Waals surface area contributed by atoms with Crippen LogP contribution in [0.1, 0.15) is 80.1 Å². The molecular weight excluding hydrogens is 436 g/mol. The maximum absolute atomic E-state index is 11.5. The molecule has 0 fully saturated rings. The SMILES string of the molecule is CC(=CC(=O)O)/C(=C\c1ccc2cc3c(cc2c1)C(C)(C)CCC3(C)C)c1cccc(C(=O)O)c1. The fourth-order valence-electron chi connectivity index (χ4n) is 5.09. The van der Waals surface area contributed by atoms with Crippen molar-refractivity contribution in [2.45, 2.75) is 58.3 Å². The Morgan fingerprint density at radius 1 is 0.800 bits per heavy atom. The predicted octanol–water partition coefficient (Wildman–Crippen LogP) is 7.46. The van der Waals surface area contributed by atoms with Crippen LogP contribution in [-0.4, -0.2) is 22.2 Å². The summed E-state index contributed by atoms with van der Waals surface area (Å²) >= 11 is 0. The second kappa shape index (κ2) is 8.84. The second-order valence-corrected chi connectivity index (χ2v) is 10.9. The summed E-state index contributed by atoms with van der Waals surface area (Å²) in [5.74, 6) is -2.06. The zero-order valence-corrected chi connectivity index (χ0v) is 21.0. The van der Waals surface area contributed by atoms with Gasteiger partial charge in [-0.25, -0.2) is 9.59 Å². The highest BCUT2D eigenvalue weighted by molar-refractivity contribution is 5.98. The largest absolute Gasteiger partial charge is 0.478 e. The number of carboxylic acid groups (broad SMARTS) is 2. The first-order chi connectivity index (χ1) is 16.4. The minimum Gasteiger partial charge on any atom is -0.478 e. The van der Waals surface area contributed by atoms with Crippen molar-refractivity contribution in [3.05, 3.63) is 94.1 Å². The summed E-state index contributed by atoms with van der Waals surface area (Å²) in [5.41, 5.74) is 6.02. The van der Waals surface area contributed by atoms with Gasteiger partial charge in [0, 0.05) is 6.08 Å². The van der Waals surface area contributed by atoms with Crippen molar-refractivity contribution >= 4 is 34.4 Å². The van der Waals surface area contributed by atoms with E-state index in [2.05, 4.69) is 52.0 Å². The van der Waals surface area contributed by atoms with Crippen molar-refractivity contribution in [2.24, 2.45) is 0 Å². The number of hydrogen-bond donors (Lipinski definition) is 2. The van der Waals surface area contributed by atoms with Crippen LogP contribution in [0.4, 0.5) is 0 Å². The van der Waals surface area contributed by atoms with E-state index in [0.29, 0.717) is 16.7 Å². The maximum atomic E-state index is 11.5. The van der Waals surface area contributed by atoms with Crippen molar-refractivity contribution in [1.82, 2.24) is 0 Å². The summed E-state index contributed by atoms with van der Waals surface area (Å²) in [6, 6.07) is 17.5. The van der Waals surface area contributed by atoms with Crippen molar-refractivity contribution in [1.29, 1.82) is 0 Å². The lowest BCUT2D eigenvalue weighted by molar-refractivity contribution is -0.131. The van der Waals surface area contributed by atoms with Crippen molar-refractivity contribution in [2.75, 3.05) is 0 Å². The van der Waals surface area contributed by atoms with Crippen LogP contribution in [0.25, 0.3) is 22.4 Å².